The Morgan fingerprint density at radius 2 is 0.731 bits per heavy atom. The Kier molecular flexibility index (Phi) is 12.7. The van der Waals surface area contributed by atoms with Gasteiger partial charge in [0, 0.05) is 35.3 Å². The number of ether oxygens (including phenoxy) is 3. The van der Waals surface area contributed by atoms with E-state index in [4.69, 9.17) is 35.7 Å². The molecule has 0 bridgehead atoms. The fourth-order valence-corrected chi connectivity index (χ4v) is 8.67. The van der Waals surface area contributed by atoms with Crippen LogP contribution < -0.4 is 14.2 Å². The highest BCUT2D eigenvalue weighted by molar-refractivity contribution is 6.22. The molecule has 15 nitrogen and oxygen atoms in total. The minimum atomic E-state index is -1.31. The zero-order valence-electron chi connectivity index (χ0n) is 39.5. The normalized spacial score (nSPS) is 11.0. The number of rotatable bonds is 12. The zero-order valence-corrected chi connectivity index (χ0v) is 39.5. The van der Waals surface area contributed by atoms with E-state index in [-0.39, 0.29) is 67.4 Å². The summed E-state index contributed by atoms with van der Waals surface area (Å²) in [6, 6.07) is 23.8. The lowest BCUT2D eigenvalue weighted by Gasteiger charge is -2.14. The Balaban J connectivity index is 1.49. The third kappa shape index (κ3) is 8.58. The molecule has 0 N–H and O–H groups in total. The van der Waals surface area contributed by atoms with Gasteiger partial charge in [0.25, 0.3) is 0 Å². The summed E-state index contributed by atoms with van der Waals surface area (Å²) in [5.41, 5.74) is -5.39. The van der Waals surface area contributed by atoms with Crippen LogP contribution in [-0.2, 0) is 14.4 Å². The van der Waals surface area contributed by atoms with Crippen molar-refractivity contribution in [1.29, 1.82) is 10.5 Å². The van der Waals surface area contributed by atoms with E-state index in [1.165, 1.54) is 86.5 Å². The Morgan fingerprint density at radius 1 is 0.474 bits per heavy atom. The molecular formula is C57H27F6N9O6. The highest BCUT2D eigenvalue weighted by Gasteiger charge is 2.34. The lowest BCUT2D eigenvalue weighted by Crippen LogP contribution is -2.05. The zero-order chi connectivity index (χ0) is 55.3. The molecule has 10 rings (SSSR count). The van der Waals surface area contributed by atoms with E-state index in [9.17, 15) is 24.9 Å². The number of imidazole rings is 3. The number of aromatic nitrogens is 6. The number of hydrogen-bond donors (Lipinski definition) is 0. The van der Waals surface area contributed by atoms with Gasteiger partial charge in [-0.15, -0.1) is 0 Å². The van der Waals surface area contributed by atoms with Crippen molar-refractivity contribution < 1.29 is 54.9 Å². The van der Waals surface area contributed by atoms with Gasteiger partial charge in [0.15, 0.2) is 23.2 Å². The van der Waals surface area contributed by atoms with Crippen molar-refractivity contribution in [1.82, 2.24) is 28.7 Å². The van der Waals surface area contributed by atoms with Gasteiger partial charge in [-0.1, -0.05) is 19.7 Å². The first-order valence-electron chi connectivity index (χ1n) is 22.5. The third-order valence-corrected chi connectivity index (χ3v) is 11.9. The Hall–Kier alpha value is -11.4. The molecule has 3 aromatic heterocycles. The number of carbonyl (C=O) groups is 3. The molecule has 3 heterocycles. The average Bonchev–Trinajstić information content (AvgIpc) is 3.22. The van der Waals surface area contributed by atoms with Gasteiger partial charge in [0.2, 0.25) is 0 Å². The van der Waals surface area contributed by atoms with Gasteiger partial charge in [-0.25, -0.2) is 60.5 Å². The SMILES string of the molecule is [C-]#[N+]c1cc(F)c(-c2nc3c4c(nc(-c5c(F)cc(C#N)cc5F)n4-c4ccc(OC(=O)C=C)cc4)c4c(nc(-c5c(F)cc(C#N)cc5F)n4-c4ccc(OC(=O)C=C)cc4)c3n2-c2ccc(OC(=O)C=C)cc2)c(F)c1. The van der Waals surface area contributed by atoms with Crippen LogP contribution in [0.1, 0.15) is 11.1 Å². The maximum Gasteiger partial charge on any atom is 0.335 e. The molecule has 378 valence electrons. The second-order valence-electron chi connectivity index (χ2n) is 16.5. The number of esters is 3. The molecule has 0 fully saturated rings. The standard InChI is InChI=1S/C57H27F6N9O6/c1-5-43(73)76-34-14-8-31(9-15-34)70-52-49-53(71(32-10-16-35(17-11-32)77-44(74)6-2)55(67-49)46-37(58)20-28(26-64)21-38(46)59)51-54(50(52)68-56(70)47-39(60)22-29(27-65)23-40(47)61)72(33-12-18-36(19-13-33)78-45(75)7-3)57(69-51)48-41(62)24-30(66-4)25-42(48)63/h5-25H,1-3H2. The molecule has 0 aliphatic heterocycles. The van der Waals surface area contributed by atoms with Crippen LogP contribution in [0.4, 0.5) is 32.0 Å². The quantitative estimate of drug-likeness (QED) is 0.0373. The lowest BCUT2D eigenvalue weighted by atomic mass is 10.1. The fourth-order valence-electron chi connectivity index (χ4n) is 8.67. The number of carbonyl (C=O) groups excluding carboxylic acids is 3. The molecule has 0 radical (unpaired) electrons. The number of hydrogen-bond acceptors (Lipinski definition) is 11. The topological polar surface area (TPSA) is 184 Å². The van der Waals surface area contributed by atoms with E-state index >= 15 is 26.3 Å². The number of halogens is 6. The number of fused-ring (bicyclic) bond motifs is 6. The summed E-state index contributed by atoms with van der Waals surface area (Å²) in [4.78, 5) is 54.6. The molecule has 0 amide bonds. The van der Waals surface area contributed by atoms with E-state index in [1.807, 2.05) is 0 Å². The number of nitrogens with zero attached hydrogens (tertiary/aromatic N) is 9. The van der Waals surface area contributed by atoms with Gasteiger partial charge >= 0.3 is 17.9 Å². The van der Waals surface area contributed by atoms with Crippen molar-refractivity contribution in [3.8, 4) is 80.6 Å². The molecular weight excluding hydrogens is 1020 g/mol. The van der Waals surface area contributed by atoms with Gasteiger partial charge in [0.1, 0.15) is 85.3 Å². The summed E-state index contributed by atoms with van der Waals surface area (Å²) >= 11 is 0. The highest BCUT2D eigenvalue weighted by atomic mass is 19.2. The first kappa shape index (κ1) is 50.2. The van der Waals surface area contributed by atoms with Crippen LogP contribution in [-0.4, -0.2) is 46.6 Å². The summed E-state index contributed by atoms with van der Waals surface area (Å²) in [6.45, 7) is 17.7. The van der Waals surface area contributed by atoms with Crippen LogP contribution in [0, 0.1) is 64.1 Å². The average molecular weight is 1050 g/mol. The molecule has 0 atom stereocenters. The molecule has 0 spiro atoms. The monoisotopic (exact) mass is 1050 g/mol. The predicted molar refractivity (Wildman–Crippen MR) is 270 cm³/mol. The Labute approximate surface area is 434 Å². The summed E-state index contributed by atoms with van der Waals surface area (Å²) in [7, 11) is 0. The van der Waals surface area contributed by atoms with Crippen molar-refractivity contribution in [2.24, 2.45) is 0 Å². The van der Waals surface area contributed by atoms with Crippen molar-refractivity contribution in [3.63, 3.8) is 0 Å². The minimum absolute atomic E-state index is 0.00133. The van der Waals surface area contributed by atoms with E-state index in [1.54, 1.807) is 12.1 Å². The number of nitriles is 2. The number of benzene rings is 7. The molecule has 0 unspecified atom stereocenters. The predicted octanol–water partition coefficient (Wildman–Crippen LogP) is 12.1. The largest absolute Gasteiger partial charge is 0.423 e. The molecule has 0 saturated heterocycles. The van der Waals surface area contributed by atoms with E-state index in [0.717, 1.165) is 54.6 Å². The Bertz CT molecular complexity index is 3870. The van der Waals surface area contributed by atoms with Crippen LogP contribution in [0.5, 0.6) is 17.2 Å². The highest BCUT2D eigenvalue weighted by Crippen LogP contribution is 2.46. The fraction of sp³-hybridized carbons (Fsp3) is 0. The molecule has 21 heteroatoms. The van der Waals surface area contributed by atoms with Crippen LogP contribution in [0.3, 0.4) is 0 Å². The minimum Gasteiger partial charge on any atom is -0.423 e. The van der Waals surface area contributed by atoms with Crippen LogP contribution >= 0.6 is 0 Å². The lowest BCUT2D eigenvalue weighted by molar-refractivity contribution is -0.129. The molecule has 0 aliphatic carbocycles. The third-order valence-electron chi connectivity index (χ3n) is 11.9. The molecule has 0 saturated carbocycles. The van der Waals surface area contributed by atoms with E-state index in [2.05, 4.69) is 24.6 Å². The summed E-state index contributed by atoms with van der Waals surface area (Å²) in [6.07, 6.45) is 2.70. The summed E-state index contributed by atoms with van der Waals surface area (Å²) in [5.74, 6) is -12.1. The van der Waals surface area contributed by atoms with Crippen molar-refractivity contribution >= 4 is 56.7 Å². The second-order valence-corrected chi connectivity index (χ2v) is 16.5. The maximum atomic E-state index is 16.7. The van der Waals surface area contributed by atoms with Gasteiger partial charge in [-0.3, -0.25) is 13.7 Å². The van der Waals surface area contributed by atoms with Gasteiger partial charge in [-0.05, 0) is 109 Å². The van der Waals surface area contributed by atoms with Crippen LogP contribution in [0.2, 0.25) is 0 Å². The molecule has 0 aliphatic rings. The second kappa shape index (κ2) is 19.8. The molecule has 78 heavy (non-hydrogen) atoms. The van der Waals surface area contributed by atoms with Crippen LogP contribution in [0.25, 0.3) is 89.2 Å². The van der Waals surface area contributed by atoms with Crippen LogP contribution in [0.15, 0.2) is 147 Å². The maximum absolute atomic E-state index is 16.7. The van der Waals surface area contributed by atoms with Gasteiger partial charge in [0.05, 0.1) is 46.5 Å². The molecule has 10 aromatic rings. The summed E-state index contributed by atoms with van der Waals surface area (Å²) in [5, 5.41) is 19.4. The smallest absolute Gasteiger partial charge is 0.335 e. The Morgan fingerprint density at radius 3 is 0.962 bits per heavy atom. The van der Waals surface area contributed by atoms with E-state index < -0.39 is 104 Å². The van der Waals surface area contributed by atoms with Crippen molar-refractivity contribution in [3.05, 3.63) is 205 Å². The van der Waals surface area contributed by atoms with Crippen molar-refractivity contribution in [2.75, 3.05) is 0 Å². The summed E-state index contributed by atoms with van der Waals surface area (Å²) < 4.78 is 120. The van der Waals surface area contributed by atoms with E-state index in [0.29, 0.717) is 0 Å². The van der Waals surface area contributed by atoms with Crippen molar-refractivity contribution in [2.45, 2.75) is 0 Å². The molecule has 7 aromatic carbocycles. The van der Waals surface area contributed by atoms with Gasteiger partial charge < -0.3 is 14.2 Å². The van der Waals surface area contributed by atoms with Gasteiger partial charge in [-0.2, -0.15) is 10.5 Å². The first-order valence-corrected chi connectivity index (χ1v) is 22.5. The first-order chi connectivity index (χ1) is 37.6.